The van der Waals surface area contributed by atoms with E-state index in [0.29, 0.717) is 6.61 Å². The van der Waals surface area contributed by atoms with Crippen molar-refractivity contribution in [3.8, 4) is 0 Å². The van der Waals surface area contributed by atoms with Gasteiger partial charge in [-0.2, -0.15) is 0 Å². The molecule has 1 aromatic rings. The molecule has 0 N–H and O–H groups in total. The van der Waals surface area contributed by atoms with E-state index in [0.717, 1.165) is 0 Å². The molecule has 1 aromatic carbocycles. The molecule has 0 heterocycles. The molecular weight excluding hydrogens is 297 g/mol. The van der Waals surface area contributed by atoms with Crippen LogP contribution in [0.1, 0.15) is 19.4 Å². The summed E-state index contributed by atoms with van der Waals surface area (Å²) in [5.41, 5.74) is 1.32. The Morgan fingerprint density at radius 2 is 1.53 bits per heavy atom. The van der Waals surface area contributed by atoms with Gasteiger partial charge in [0, 0.05) is 6.92 Å². The summed E-state index contributed by atoms with van der Waals surface area (Å²) in [5, 5.41) is 0. The molecule has 0 saturated carbocycles. The Bertz CT molecular complexity index is 246. The first-order chi connectivity index (χ1) is 6.16. The Hall–Kier alpha value is 0.0925. The molecule has 0 atom stereocenters. The third-order valence-electron chi connectivity index (χ3n) is 1.29. The normalized spacial score (nSPS) is 6.29. The second-order valence-electron chi connectivity index (χ2n) is 2.58. The standard InChI is InChI=1S/C7H8.C4H8O2.Al.3ClH/c1-7-5-3-2-4-6-7;1-3-6-4(2)5;;;;/h2-6H,1H3;3H2,1-2H3;;3*1H/q;;+3;;;/p-3. The number of hydrogen-bond donors (Lipinski definition) is 0. The van der Waals surface area contributed by atoms with Crippen LogP contribution >= 0.6 is 0 Å². The molecule has 96 valence electrons. The number of hydrogen-bond acceptors (Lipinski definition) is 2. The van der Waals surface area contributed by atoms with Crippen LogP contribution in [0.2, 0.25) is 0 Å². The second-order valence-corrected chi connectivity index (χ2v) is 2.58. The number of carbonyl (C=O) groups is 1. The van der Waals surface area contributed by atoms with E-state index >= 15 is 0 Å². The number of halogens is 3. The fraction of sp³-hybridized carbons (Fsp3) is 0.364. The van der Waals surface area contributed by atoms with Crippen molar-refractivity contribution in [1.82, 2.24) is 0 Å². The maximum Gasteiger partial charge on any atom is 3.00 e. The minimum atomic E-state index is -0.211. The number of aryl methyl sites for hydroxylation is 1. The number of ether oxygens (including phenoxy) is 1. The van der Waals surface area contributed by atoms with E-state index in [1.807, 2.05) is 18.2 Å². The second kappa shape index (κ2) is 21.4. The zero-order valence-electron chi connectivity index (χ0n) is 10.1. The molecule has 0 aliphatic rings. The van der Waals surface area contributed by atoms with Gasteiger partial charge in [-0.1, -0.05) is 35.9 Å². The summed E-state index contributed by atoms with van der Waals surface area (Å²) >= 11 is 0. The van der Waals surface area contributed by atoms with Crippen LogP contribution in [0.25, 0.3) is 0 Å². The molecule has 17 heavy (non-hydrogen) atoms. The van der Waals surface area contributed by atoms with Crippen LogP contribution in [0.5, 0.6) is 0 Å². The fourth-order valence-electron chi connectivity index (χ4n) is 0.738. The Morgan fingerprint density at radius 3 is 1.65 bits per heavy atom. The minimum Gasteiger partial charge on any atom is -1.00 e. The van der Waals surface area contributed by atoms with Gasteiger partial charge in [0.15, 0.2) is 0 Å². The van der Waals surface area contributed by atoms with Gasteiger partial charge in [0.1, 0.15) is 0 Å². The first-order valence-electron chi connectivity index (χ1n) is 4.31. The van der Waals surface area contributed by atoms with E-state index in [1.54, 1.807) is 6.92 Å². The minimum absolute atomic E-state index is 0. The van der Waals surface area contributed by atoms with Crippen molar-refractivity contribution in [2.45, 2.75) is 20.8 Å². The topological polar surface area (TPSA) is 26.3 Å². The quantitative estimate of drug-likeness (QED) is 0.381. The van der Waals surface area contributed by atoms with E-state index in [4.69, 9.17) is 0 Å². The predicted octanol–water partition coefficient (Wildman–Crippen LogP) is -6.80. The van der Waals surface area contributed by atoms with E-state index in [-0.39, 0.29) is 60.6 Å². The van der Waals surface area contributed by atoms with Crippen LogP contribution in [0, 0.1) is 6.92 Å². The molecule has 0 bridgehead atoms. The smallest absolute Gasteiger partial charge is 1.00 e. The maximum atomic E-state index is 9.82. The van der Waals surface area contributed by atoms with Crippen LogP contribution in [0.15, 0.2) is 30.3 Å². The molecule has 1 rings (SSSR count). The van der Waals surface area contributed by atoms with E-state index < -0.39 is 0 Å². The van der Waals surface area contributed by atoms with Gasteiger partial charge >= 0.3 is 23.3 Å². The first kappa shape index (κ1) is 30.3. The van der Waals surface area contributed by atoms with Gasteiger partial charge in [-0.05, 0) is 13.8 Å². The monoisotopic (exact) mass is 312 g/mol. The molecule has 0 aromatic heterocycles. The number of benzene rings is 1. The van der Waals surface area contributed by atoms with Gasteiger partial charge in [-0.25, -0.2) is 0 Å². The summed E-state index contributed by atoms with van der Waals surface area (Å²) in [7, 11) is 0. The van der Waals surface area contributed by atoms with Crippen molar-refractivity contribution in [2.75, 3.05) is 6.61 Å². The van der Waals surface area contributed by atoms with Crippen molar-refractivity contribution in [3.63, 3.8) is 0 Å². The third kappa shape index (κ3) is 26.0. The Labute approximate surface area is 133 Å². The number of rotatable bonds is 1. The third-order valence-corrected chi connectivity index (χ3v) is 1.29. The van der Waals surface area contributed by atoms with Crippen molar-refractivity contribution >= 4 is 23.3 Å². The van der Waals surface area contributed by atoms with Gasteiger partial charge in [0.05, 0.1) is 6.61 Å². The molecule has 6 heteroatoms. The summed E-state index contributed by atoms with van der Waals surface area (Å²) in [4.78, 5) is 9.82. The number of carbonyl (C=O) groups excluding carboxylic acids is 1. The van der Waals surface area contributed by atoms with Gasteiger partial charge in [-0.3, -0.25) is 4.79 Å². The van der Waals surface area contributed by atoms with Gasteiger partial charge in [0.2, 0.25) is 0 Å². The SMILES string of the molecule is CCOC(C)=O.Cc1ccccc1.[Al+3].[Cl-].[Cl-].[Cl-]. The van der Waals surface area contributed by atoms with Gasteiger partial charge in [0.25, 0.3) is 0 Å². The zero-order valence-corrected chi connectivity index (χ0v) is 13.5. The molecule has 0 spiro atoms. The van der Waals surface area contributed by atoms with Crippen LogP contribution in [-0.4, -0.2) is 29.9 Å². The summed E-state index contributed by atoms with van der Waals surface area (Å²) in [5.74, 6) is -0.211. The Kier molecular flexibility index (Phi) is 38.1. The summed E-state index contributed by atoms with van der Waals surface area (Å²) in [6, 6.07) is 10.3. The van der Waals surface area contributed by atoms with Crippen LogP contribution in [0.4, 0.5) is 0 Å². The van der Waals surface area contributed by atoms with Crippen molar-refractivity contribution in [1.29, 1.82) is 0 Å². The van der Waals surface area contributed by atoms with E-state index in [9.17, 15) is 4.79 Å². The molecule has 0 aliphatic carbocycles. The van der Waals surface area contributed by atoms with Crippen LogP contribution in [-0.2, 0) is 9.53 Å². The molecule has 0 unspecified atom stereocenters. The summed E-state index contributed by atoms with van der Waals surface area (Å²) < 4.78 is 4.40. The number of esters is 1. The molecule has 0 amide bonds. The largest absolute Gasteiger partial charge is 3.00 e. The molecule has 0 aliphatic heterocycles. The maximum absolute atomic E-state index is 9.82. The van der Waals surface area contributed by atoms with Crippen molar-refractivity contribution in [2.24, 2.45) is 0 Å². The van der Waals surface area contributed by atoms with Gasteiger partial charge < -0.3 is 42.0 Å². The average molecular weight is 314 g/mol. The fourth-order valence-corrected chi connectivity index (χ4v) is 0.738. The average Bonchev–Trinajstić information content (AvgIpc) is 2.06. The first-order valence-corrected chi connectivity index (χ1v) is 4.31. The zero-order chi connectivity index (χ0) is 10.1. The summed E-state index contributed by atoms with van der Waals surface area (Å²) in [6.45, 7) is 5.74. The predicted molar refractivity (Wildman–Crippen MR) is 59.2 cm³/mol. The van der Waals surface area contributed by atoms with E-state index in [2.05, 4.69) is 23.8 Å². The molecule has 0 fully saturated rings. The Balaban J connectivity index is -0.0000000462. The van der Waals surface area contributed by atoms with Crippen LogP contribution in [0.3, 0.4) is 0 Å². The molecular formula is C11H16AlCl3O2. The molecule has 2 nitrogen and oxygen atoms in total. The van der Waals surface area contributed by atoms with E-state index in [1.165, 1.54) is 12.5 Å². The summed E-state index contributed by atoms with van der Waals surface area (Å²) in [6.07, 6.45) is 0. The van der Waals surface area contributed by atoms with Crippen LogP contribution < -0.4 is 37.2 Å². The molecule has 0 radical (unpaired) electrons. The van der Waals surface area contributed by atoms with Crippen molar-refractivity contribution < 1.29 is 46.8 Å². The van der Waals surface area contributed by atoms with Gasteiger partial charge in [-0.15, -0.1) is 0 Å². The Morgan fingerprint density at radius 1 is 1.12 bits per heavy atom. The molecule has 0 saturated heterocycles. The van der Waals surface area contributed by atoms with Crippen molar-refractivity contribution in [3.05, 3.63) is 35.9 Å².